The molecule has 9 heteroatoms. The van der Waals surface area contributed by atoms with Crippen molar-refractivity contribution in [2.75, 3.05) is 13.2 Å². The van der Waals surface area contributed by atoms with Crippen LogP contribution in [0, 0.1) is 0 Å². The minimum absolute atomic E-state index is 0.253. The van der Waals surface area contributed by atoms with Gasteiger partial charge in [0.25, 0.3) is 0 Å². The Morgan fingerprint density at radius 2 is 1.40 bits per heavy atom. The molecule has 0 saturated carbocycles. The molecule has 0 aromatic rings. The average molecular weight is 299 g/mol. The van der Waals surface area contributed by atoms with E-state index in [2.05, 4.69) is 9.47 Å². The van der Waals surface area contributed by atoms with Crippen molar-refractivity contribution in [3.05, 3.63) is 0 Å². The first-order valence-electron chi connectivity index (χ1n) is 5.79. The van der Waals surface area contributed by atoms with E-state index < -0.39 is 36.0 Å². The number of carbonyl (C=O) groups is 3. The van der Waals surface area contributed by atoms with Gasteiger partial charge in [-0.2, -0.15) is 13.2 Å². The molecule has 6 nitrogen and oxygen atoms in total. The van der Waals surface area contributed by atoms with Gasteiger partial charge in [-0.1, -0.05) is 0 Å². The van der Waals surface area contributed by atoms with E-state index in [4.69, 9.17) is 0 Å². The van der Waals surface area contributed by atoms with E-state index in [0.29, 0.717) is 0 Å². The van der Waals surface area contributed by atoms with Crippen molar-refractivity contribution in [1.82, 2.24) is 5.32 Å². The molecule has 0 saturated heterocycles. The highest BCUT2D eigenvalue weighted by Crippen LogP contribution is 2.30. The number of rotatable bonds is 6. The summed E-state index contributed by atoms with van der Waals surface area (Å²) in [6.45, 7) is 3.09. The molecular weight excluding hydrogens is 283 g/mol. The van der Waals surface area contributed by atoms with Crippen molar-refractivity contribution in [1.29, 1.82) is 0 Å². The first kappa shape index (κ1) is 18.2. The van der Waals surface area contributed by atoms with Crippen molar-refractivity contribution in [2.45, 2.75) is 38.9 Å². The van der Waals surface area contributed by atoms with Crippen LogP contribution in [0.1, 0.15) is 27.2 Å². The van der Waals surface area contributed by atoms with Gasteiger partial charge in [-0.25, -0.2) is 9.59 Å². The van der Waals surface area contributed by atoms with Crippen LogP contribution in [0.4, 0.5) is 13.2 Å². The molecule has 0 radical (unpaired) electrons. The molecule has 0 fully saturated rings. The summed E-state index contributed by atoms with van der Waals surface area (Å²) in [7, 11) is 0. The van der Waals surface area contributed by atoms with E-state index in [9.17, 15) is 27.6 Å². The Labute approximate surface area is 113 Å². The van der Waals surface area contributed by atoms with E-state index in [1.807, 2.05) is 0 Å². The molecule has 0 aromatic heterocycles. The second-order valence-electron chi connectivity index (χ2n) is 3.82. The van der Waals surface area contributed by atoms with Crippen molar-refractivity contribution >= 4 is 17.8 Å². The van der Waals surface area contributed by atoms with Gasteiger partial charge in [0.05, 0.1) is 19.6 Å². The molecule has 1 N–H and O–H groups in total. The number of amides is 1. The summed E-state index contributed by atoms with van der Waals surface area (Å²) in [6, 6.07) is 0. The molecule has 0 aliphatic heterocycles. The van der Waals surface area contributed by atoms with Crippen LogP contribution in [0.5, 0.6) is 0 Å². The quantitative estimate of drug-likeness (QED) is 0.583. The van der Waals surface area contributed by atoms with Gasteiger partial charge >= 0.3 is 18.1 Å². The van der Waals surface area contributed by atoms with Crippen LogP contribution in [0.15, 0.2) is 0 Å². The van der Waals surface area contributed by atoms with Crippen LogP contribution >= 0.6 is 0 Å². The first-order chi connectivity index (χ1) is 9.09. The third-order valence-electron chi connectivity index (χ3n) is 2.10. The highest BCUT2D eigenvalue weighted by molar-refractivity contribution is 6.07. The molecule has 0 aliphatic carbocycles. The molecule has 0 rings (SSSR count). The monoisotopic (exact) mass is 299 g/mol. The molecule has 0 aromatic carbocycles. The molecule has 0 spiro atoms. The molecule has 20 heavy (non-hydrogen) atoms. The van der Waals surface area contributed by atoms with Crippen molar-refractivity contribution in [3.63, 3.8) is 0 Å². The smallest absolute Gasteiger partial charge is 0.392 e. The van der Waals surface area contributed by atoms with Gasteiger partial charge in [0.1, 0.15) is 0 Å². The zero-order chi connectivity index (χ0) is 16.0. The fourth-order valence-corrected chi connectivity index (χ4v) is 1.48. The number of hydrogen-bond donors (Lipinski definition) is 1. The maximum absolute atomic E-state index is 12.6. The number of ether oxygens (including phenoxy) is 2. The summed E-state index contributed by atoms with van der Waals surface area (Å²) in [4.78, 5) is 34.6. The summed E-state index contributed by atoms with van der Waals surface area (Å²) in [6.07, 6.45) is -6.79. The number of nitrogens with one attached hydrogen (secondary N) is 1. The molecule has 0 aliphatic rings. The Bertz CT molecular complexity index is 363. The number of carbonyl (C=O) groups excluding carboxylic acids is 3. The van der Waals surface area contributed by atoms with Gasteiger partial charge in [-0.3, -0.25) is 4.79 Å². The van der Waals surface area contributed by atoms with Crippen LogP contribution in [0.3, 0.4) is 0 Å². The normalized spacial score (nSPS) is 11.7. The second-order valence-corrected chi connectivity index (χ2v) is 3.82. The van der Waals surface area contributed by atoms with Gasteiger partial charge in [0.2, 0.25) is 11.4 Å². The average Bonchev–Trinajstić information content (AvgIpc) is 2.25. The zero-order valence-corrected chi connectivity index (χ0v) is 11.3. The lowest BCUT2D eigenvalue weighted by molar-refractivity contribution is -0.188. The van der Waals surface area contributed by atoms with Crippen LogP contribution in [0.2, 0.25) is 0 Å². The number of alkyl halides is 3. The lowest BCUT2D eigenvalue weighted by Gasteiger charge is -2.30. The minimum atomic E-state index is -4.89. The predicted octanol–water partition coefficient (Wildman–Crippen LogP) is 0.940. The van der Waals surface area contributed by atoms with Crippen molar-refractivity contribution in [3.8, 4) is 0 Å². The van der Waals surface area contributed by atoms with Crippen LogP contribution < -0.4 is 5.32 Å². The minimum Gasteiger partial charge on any atom is -0.464 e. The summed E-state index contributed by atoms with van der Waals surface area (Å²) >= 11 is 0. The van der Waals surface area contributed by atoms with Crippen LogP contribution in [0.25, 0.3) is 0 Å². The number of halogens is 3. The van der Waals surface area contributed by atoms with E-state index >= 15 is 0 Å². The SMILES string of the molecule is CCOC(=O)C(CC(F)(F)F)(NC(C)=O)C(=O)OCC. The highest BCUT2D eigenvalue weighted by atomic mass is 19.4. The summed E-state index contributed by atoms with van der Waals surface area (Å²) < 4.78 is 46.8. The largest absolute Gasteiger partial charge is 0.464 e. The Morgan fingerprint density at radius 3 is 1.65 bits per heavy atom. The molecular formula is C11H16F3NO5. The van der Waals surface area contributed by atoms with Crippen molar-refractivity contribution in [2.24, 2.45) is 0 Å². The van der Waals surface area contributed by atoms with Gasteiger partial charge in [-0.15, -0.1) is 0 Å². The van der Waals surface area contributed by atoms with Gasteiger partial charge in [0, 0.05) is 6.92 Å². The number of esters is 2. The fraction of sp³-hybridized carbons (Fsp3) is 0.727. The Morgan fingerprint density at radius 1 is 1.00 bits per heavy atom. The van der Waals surface area contributed by atoms with Crippen molar-refractivity contribution < 1.29 is 37.0 Å². The zero-order valence-electron chi connectivity index (χ0n) is 11.3. The second kappa shape index (κ2) is 7.11. The topological polar surface area (TPSA) is 81.7 Å². The predicted molar refractivity (Wildman–Crippen MR) is 60.5 cm³/mol. The Kier molecular flexibility index (Phi) is 6.47. The molecule has 0 heterocycles. The standard InChI is InChI=1S/C11H16F3NO5/c1-4-19-8(17)10(15-7(3)16,6-11(12,13)14)9(18)20-5-2/h4-6H2,1-3H3,(H,15,16). The van der Waals surface area contributed by atoms with E-state index in [0.717, 1.165) is 6.92 Å². The third-order valence-corrected chi connectivity index (χ3v) is 2.10. The van der Waals surface area contributed by atoms with Gasteiger partial charge in [-0.05, 0) is 13.8 Å². The summed E-state index contributed by atoms with van der Waals surface area (Å²) in [5.41, 5.74) is -2.92. The molecule has 0 atom stereocenters. The van der Waals surface area contributed by atoms with Crippen LogP contribution in [-0.4, -0.2) is 42.8 Å². The van der Waals surface area contributed by atoms with E-state index in [1.54, 1.807) is 5.32 Å². The number of hydrogen-bond acceptors (Lipinski definition) is 5. The molecule has 1 amide bonds. The fourth-order valence-electron chi connectivity index (χ4n) is 1.48. The third kappa shape index (κ3) is 5.06. The van der Waals surface area contributed by atoms with E-state index in [1.165, 1.54) is 13.8 Å². The lowest BCUT2D eigenvalue weighted by atomic mass is 9.94. The molecule has 0 unspecified atom stereocenters. The molecule has 0 bridgehead atoms. The Hall–Kier alpha value is -1.80. The lowest BCUT2D eigenvalue weighted by Crippen LogP contribution is -2.62. The highest BCUT2D eigenvalue weighted by Gasteiger charge is 2.56. The van der Waals surface area contributed by atoms with E-state index in [-0.39, 0.29) is 13.2 Å². The summed E-state index contributed by atoms with van der Waals surface area (Å²) in [5.74, 6) is -4.01. The van der Waals surface area contributed by atoms with Gasteiger partial charge < -0.3 is 14.8 Å². The maximum Gasteiger partial charge on any atom is 0.392 e. The summed E-state index contributed by atoms with van der Waals surface area (Å²) in [5, 5.41) is 1.71. The Balaban J connectivity index is 5.68. The molecule has 116 valence electrons. The van der Waals surface area contributed by atoms with Gasteiger partial charge in [0.15, 0.2) is 0 Å². The van der Waals surface area contributed by atoms with Crippen LogP contribution in [-0.2, 0) is 23.9 Å². The maximum atomic E-state index is 12.6. The first-order valence-corrected chi connectivity index (χ1v) is 5.79.